The molecule has 172 valence electrons. The van der Waals surface area contributed by atoms with E-state index in [9.17, 15) is 0 Å². The zero-order valence-electron chi connectivity index (χ0n) is 18.6. The molecule has 0 unspecified atom stereocenters. The maximum atomic E-state index is 6.45. The minimum Gasteiger partial charge on any atom is -0.489 e. The number of ether oxygens (including phenoxy) is 4. The Morgan fingerprint density at radius 2 is 1.21 bits per heavy atom. The molecule has 1 saturated heterocycles. The van der Waals surface area contributed by atoms with Gasteiger partial charge in [0, 0.05) is 22.7 Å². The summed E-state index contributed by atoms with van der Waals surface area (Å²) in [5, 5.41) is 0. The summed E-state index contributed by atoms with van der Waals surface area (Å²) in [6.07, 6.45) is -0.178. The minimum atomic E-state index is -0.209. The van der Waals surface area contributed by atoms with E-state index in [4.69, 9.17) is 18.9 Å². The highest BCUT2D eigenvalue weighted by atomic mass is 79.9. The van der Waals surface area contributed by atoms with E-state index >= 15 is 0 Å². The molecule has 1 heterocycles. The molecule has 0 spiro atoms. The summed E-state index contributed by atoms with van der Waals surface area (Å²) >= 11 is 3.50. The van der Waals surface area contributed by atoms with Crippen LogP contribution in [-0.4, -0.2) is 12.7 Å². The van der Waals surface area contributed by atoms with Gasteiger partial charge in [-0.25, -0.2) is 0 Å². The Morgan fingerprint density at radius 1 is 0.706 bits per heavy atom. The van der Waals surface area contributed by atoms with E-state index in [0.29, 0.717) is 37.1 Å². The molecule has 0 aromatic heterocycles. The zero-order chi connectivity index (χ0) is 23.2. The van der Waals surface area contributed by atoms with Crippen molar-refractivity contribution in [3.8, 4) is 17.2 Å². The van der Waals surface area contributed by atoms with Gasteiger partial charge in [0.2, 0.25) is 0 Å². The highest BCUT2D eigenvalue weighted by Crippen LogP contribution is 2.36. The van der Waals surface area contributed by atoms with Crippen LogP contribution >= 0.6 is 15.9 Å². The van der Waals surface area contributed by atoms with Gasteiger partial charge in [-0.05, 0) is 28.8 Å². The van der Waals surface area contributed by atoms with Crippen LogP contribution in [0, 0.1) is 0 Å². The van der Waals surface area contributed by atoms with Crippen LogP contribution in [-0.2, 0) is 18.0 Å². The Balaban J connectivity index is 1.37. The summed E-state index contributed by atoms with van der Waals surface area (Å²) < 4.78 is 25.3. The van der Waals surface area contributed by atoms with Crippen molar-refractivity contribution >= 4 is 15.9 Å². The fourth-order valence-corrected chi connectivity index (χ4v) is 3.91. The molecule has 5 heteroatoms. The molecular formula is C29H25BrO4. The van der Waals surface area contributed by atoms with Crippen LogP contribution in [0.4, 0.5) is 0 Å². The Bertz CT molecular complexity index is 1130. The van der Waals surface area contributed by atoms with Crippen molar-refractivity contribution in [2.24, 2.45) is 0 Å². The first kappa shape index (κ1) is 22.5. The molecule has 5 rings (SSSR count). The summed E-state index contributed by atoms with van der Waals surface area (Å²) in [6, 6.07) is 34.0. The van der Waals surface area contributed by atoms with E-state index in [1.165, 1.54) is 0 Å². The van der Waals surface area contributed by atoms with Gasteiger partial charge in [0.25, 0.3) is 0 Å². The molecule has 4 aromatic rings. The summed E-state index contributed by atoms with van der Waals surface area (Å²) in [5.41, 5.74) is 3.26. The molecule has 34 heavy (non-hydrogen) atoms. The maximum Gasteiger partial charge on any atom is 0.152 e. The van der Waals surface area contributed by atoms with Gasteiger partial charge in [0.05, 0.1) is 6.61 Å². The first-order valence-electron chi connectivity index (χ1n) is 11.3. The highest BCUT2D eigenvalue weighted by molar-refractivity contribution is 9.10. The van der Waals surface area contributed by atoms with Crippen LogP contribution < -0.4 is 14.2 Å². The summed E-state index contributed by atoms with van der Waals surface area (Å²) in [5.74, 6) is 2.06. The van der Waals surface area contributed by atoms with Crippen molar-refractivity contribution in [3.63, 3.8) is 0 Å². The SMILES string of the molecule is Brc1ccc([C@@H](Oc2cc(OCc3ccccc3)cc(OCc3ccccc3)c2)[C@@H]2CO2)cc1. The average molecular weight is 517 g/mol. The molecule has 1 aliphatic rings. The van der Waals surface area contributed by atoms with Crippen molar-refractivity contribution in [3.05, 3.63) is 124 Å². The van der Waals surface area contributed by atoms with Gasteiger partial charge in [-0.2, -0.15) is 0 Å². The third-order valence-electron chi connectivity index (χ3n) is 5.51. The fourth-order valence-electron chi connectivity index (χ4n) is 3.65. The van der Waals surface area contributed by atoms with Gasteiger partial charge in [0.15, 0.2) is 6.10 Å². The molecule has 0 radical (unpaired) electrons. The second-order valence-electron chi connectivity index (χ2n) is 8.15. The van der Waals surface area contributed by atoms with Crippen molar-refractivity contribution in [2.75, 3.05) is 6.61 Å². The molecule has 1 aliphatic heterocycles. The molecule has 4 nitrogen and oxygen atoms in total. The van der Waals surface area contributed by atoms with Gasteiger partial charge >= 0.3 is 0 Å². The molecule has 0 saturated carbocycles. The lowest BCUT2D eigenvalue weighted by Crippen LogP contribution is -2.14. The minimum absolute atomic E-state index is 0.0313. The molecule has 1 fully saturated rings. The number of rotatable bonds is 10. The predicted octanol–water partition coefficient (Wildman–Crippen LogP) is 7.13. The third-order valence-corrected chi connectivity index (χ3v) is 6.04. The summed E-state index contributed by atoms with van der Waals surface area (Å²) in [6.45, 7) is 1.61. The van der Waals surface area contributed by atoms with E-state index in [1.807, 2.05) is 91.0 Å². The van der Waals surface area contributed by atoms with Crippen LogP contribution in [0.25, 0.3) is 0 Å². The second kappa shape index (κ2) is 10.8. The number of halogens is 1. The van der Waals surface area contributed by atoms with Crippen LogP contribution in [0.3, 0.4) is 0 Å². The van der Waals surface area contributed by atoms with E-state index in [1.54, 1.807) is 0 Å². The zero-order valence-corrected chi connectivity index (χ0v) is 20.2. The lowest BCUT2D eigenvalue weighted by Gasteiger charge is -2.19. The van der Waals surface area contributed by atoms with Crippen molar-refractivity contribution < 1.29 is 18.9 Å². The van der Waals surface area contributed by atoms with E-state index in [2.05, 4.69) is 28.1 Å². The Morgan fingerprint density at radius 3 is 1.71 bits per heavy atom. The van der Waals surface area contributed by atoms with Crippen molar-refractivity contribution in [1.29, 1.82) is 0 Å². The second-order valence-corrected chi connectivity index (χ2v) is 9.07. The van der Waals surface area contributed by atoms with Gasteiger partial charge < -0.3 is 18.9 Å². The van der Waals surface area contributed by atoms with Crippen molar-refractivity contribution in [1.82, 2.24) is 0 Å². The van der Waals surface area contributed by atoms with Crippen molar-refractivity contribution in [2.45, 2.75) is 25.4 Å². The molecule has 2 atom stereocenters. The van der Waals surface area contributed by atoms with Crippen LogP contribution in [0.2, 0.25) is 0 Å². The van der Waals surface area contributed by atoms with E-state index in [0.717, 1.165) is 21.2 Å². The Hall–Kier alpha value is -3.28. The summed E-state index contributed by atoms with van der Waals surface area (Å²) in [7, 11) is 0. The van der Waals surface area contributed by atoms with Gasteiger partial charge in [-0.3, -0.25) is 0 Å². The lowest BCUT2D eigenvalue weighted by atomic mass is 10.1. The number of epoxide rings is 1. The molecule has 0 N–H and O–H groups in total. The monoisotopic (exact) mass is 516 g/mol. The molecule has 0 amide bonds. The van der Waals surface area contributed by atoms with E-state index < -0.39 is 0 Å². The van der Waals surface area contributed by atoms with E-state index in [-0.39, 0.29) is 12.2 Å². The normalized spacial score (nSPS) is 15.4. The van der Waals surface area contributed by atoms with Gasteiger partial charge in [-0.1, -0.05) is 88.7 Å². The number of hydrogen-bond acceptors (Lipinski definition) is 4. The van der Waals surface area contributed by atoms with Gasteiger partial charge in [0.1, 0.15) is 36.6 Å². The van der Waals surface area contributed by atoms with Gasteiger partial charge in [-0.15, -0.1) is 0 Å². The first-order valence-corrected chi connectivity index (χ1v) is 12.0. The smallest absolute Gasteiger partial charge is 0.152 e. The average Bonchev–Trinajstić information content (AvgIpc) is 3.72. The summed E-state index contributed by atoms with van der Waals surface area (Å²) in [4.78, 5) is 0. The highest BCUT2D eigenvalue weighted by Gasteiger charge is 2.36. The molecule has 0 bridgehead atoms. The fraction of sp³-hybridized carbons (Fsp3) is 0.172. The number of hydrogen-bond donors (Lipinski definition) is 0. The lowest BCUT2D eigenvalue weighted by molar-refractivity contribution is 0.159. The quantitative estimate of drug-likeness (QED) is 0.210. The van der Waals surface area contributed by atoms with Crippen LogP contribution in [0.5, 0.6) is 17.2 Å². The number of benzene rings is 4. The predicted molar refractivity (Wildman–Crippen MR) is 135 cm³/mol. The molecular weight excluding hydrogens is 492 g/mol. The Labute approximate surface area is 208 Å². The largest absolute Gasteiger partial charge is 0.489 e. The first-order chi connectivity index (χ1) is 16.7. The Kier molecular flexibility index (Phi) is 7.13. The molecule has 4 aromatic carbocycles. The molecule has 0 aliphatic carbocycles. The van der Waals surface area contributed by atoms with Crippen LogP contribution in [0.15, 0.2) is 108 Å². The topological polar surface area (TPSA) is 40.2 Å². The third kappa shape index (κ3) is 6.19. The van der Waals surface area contributed by atoms with Crippen LogP contribution in [0.1, 0.15) is 22.8 Å². The maximum absolute atomic E-state index is 6.45. The standard InChI is InChI=1S/C29H25BrO4/c30-24-13-11-23(12-14-24)29(28-20-33-28)34-27-16-25(31-18-21-7-3-1-4-8-21)15-26(17-27)32-19-22-9-5-2-6-10-22/h1-17,28-29H,18-20H2/t28-,29+/m0/s1.